The van der Waals surface area contributed by atoms with Crippen LogP contribution in [0.2, 0.25) is 0 Å². The van der Waals surface area contributed by atoms with Gasteiger partial charge in [0.2, 0.25) is 0 Å². The van der Waals surface area contributed by atoms with Gasteiger partial charge in [-0.2, -0.15) is 5.10 Å². The lowest BCUT2D eigenvalue weighted by Crippen LogP contribution is -2.66. The van der Waals surface area contributed by atoms with Crippen molar-refractivity contribution in [1.29, 1.82) is 0 Å². The number of carboxylic acid groups (broad SMARTS) is 1. The molecule has 0 aliphatic heterocycles. The molecule has 0 aromatic heterocycles. The maximum Gasteiger partial charge on any atom is 0.309 e. The van der Waals surface area contributed by atoms with Gasteiger partial charge in [-0.3, -0.25) is 30.4 Å². The van der Waals surface area contributed by atoms with E-state index in [4.69, 9.17) is 5.10 Å². The van der Waals surface area contributed by atoms with Crippen molar-refractivity contribution < 1.29 is 24.5 Å². The number of rotatable bonds is 7. The summed E-state index contributed by atoms with van der Waals surface area (Å²) >= 11 is 0. The highest BCUT2D eigenvalue weighted by atomic mass is 16.6. The first-order valence-electron chi connectivity index (χ1n) is 17.4. The largest absolute Gasteiger partial charge is 0.481 e. The molecule has 4 unspecified atom stereocenters. The van der Waals surface area contributed by atoms with Crippen molar-refractivity contribution >= 4 is 35.0 Å². The summed E-state index contributed by atoms with van der Waals surface area (Å²) in [6.07, 6.45) is 9.92. The number of carbonyl (C=O) groups is 2. The zero-order valence-corrected chi connectivity index (χ0v) is 28.6. The van der Waals surface area contributed by atoms with Gasteiger partial charge < -0.3 is 9.90 Å². The van der Waals surface area contributed by atoms with Gasteiger partial charge in [0.25, 0.3) is 5.69 Å². The molecule has 1 aromatic carbocycles. The van der Waals surface area contributed by atoms with Crippen molar-refractivity contribution in [2.45, 2.75) is 106 Å². The van der Waals surface area contributed by atoms with Crippen LogP contribution in [0.5, 0.6) is 0 Å². The van der Waals surface area contributed by atoms with Crippen molar-refractivity contribution in [2.24, 2.45) is 67.7 Å². The molecule has 2 N–H and O–H groups in total. The first-order chi connectivity index (χ1) is 22.0. The summed E-state index contributed by atoms with van der Waals surface area (Å²) in [7, 11) is 0. The van der Waals surface area contributed by atoms with E-state index in [1.54, 1.807) is 0 Å². The van der Waals surface area contributed by atoms with Gasteiger partial charge in [-0.15, -0.1) is 0 Å². The molecule has 0 saturated heterocycles. The average Bonchev–Trinajstić information content (AvgIpc) is 3.41. The molecule has 47 heavy (non-hydrogen) atoms. The van der Waals surface area contributed by atoms with Gasteiger partial charge >= 0.3 is 11.7 Å². The maximum absolute atomic E-state index is 13.0. The van der Waals surface area contributed by atoms with Crippen LogP contribution in [0.25, 0.3) is 0 Å². The number of hydrazone groups is 1. The lowest BCUT2D eigenvalue weighted by Gasteiger charge is -2.72. The Labute approximate surface area is 276 Å². The Morgan fingerprint density at radius 3 is 2.32 bits per heavy atom. The minimum Gasteiger partial charge on any atom is -0.481 e. The van der Waals surface area contributed by atoms with E-state index in [2.05, 4.69) is 40.0 Å². The summed E-state index contributed by atoms with van der Waals surface area (Å²) < 4.78 is 0. The van der Waals surface area contributed by atoms with E-state index in [0.29, 0.717) is 24.7 Å². The van der Waals surface area contributed by atoms with E-state index in [-0.39, 0.29) is 62.4 Å². The molecule has 11 heteroatoms. The van der Waals surface area contributed by atoms with E-state index < -0.39 is 21.2 Å². The van der Waals surface area contributed by atoms with Crippen LogP contribution >= 0.6 is 0 Å². The van der Waals surface area contributed by atoms with E-state index in [9.17, 15) is 34.9 Å². The highest BCUT2D eigenvalue weighted by Gasteiger charge is 2.72. The minimum absolute atomic E-state index is 0.0202. The van der Waals surface area contributed by atoms with Crippen molar-refractivity contribution in [3.63, 3.8) is 0 Å². The van der Waals surface area contributed by atoms with Gasteiger partial charge in [0.05, 0.1) is 21.3 Å². The second-order valence-electron chi connectivity index (χ2n) is 17.0. The summed E-state index contributed by atoms with van der Waals surface area (Å²) in [6, 6.07) is 3.56. The van der Waals surface area contributed by atoms with E-state index in [1.165, 1.54) is 12.1 Å². The Morgan fingerprint density at radius 2 is 1.68 bits per heavy atom. The first kappa shape index (κ1) is 33.5. The highest BCUT2D eigenvalue weighted by molar-refractivity contribution is 5.91. The Hall–Kier alpha value is -3.37. The fraction of sp³-hybridized carbons (Fsp3) is 0.750. The molecule has 10 atom stereocenters. The lowest BCUT2D eigenvalue weighted by molar-refractivity contribution is -0.393. The second kappa shape index (κ2) is 11.1. The molecule has 6 rings (SSSR count). The summed E-state index contributed by atoms with van der Waals surface area (Å²) in [6.45, 7) is 13.9. The van der Waals surface area contributed by atoms with Gasteiger partial charge in [0.1, 0.15) is 12.0 Å². The smallest absolute Gasteiger partial charge is 0.309 e. The topological polar surface area (TPSA) is 165 Å². The van der Waals surface area contributed by atoms with Gasteiger partial charge in [0, 0.05) is 23.1 Å². The number of benzene rings is 1. The maximum atomic E-state index is 13.0. The number of anilines is 1. The zero-order chi connectivity index (χ0) is 34.3. The molecule has 256 valence electrons. The Balaban J connectivity index is 1.30. The van der Waals surface area contributed by atoms with E-state index in [0.717, 1.165) is 69.4 Å². The molecular formula is C36H50N4O7. The predicted octanol–water partition coefficient (Wildman–Crippen LogP) is 8.27. The normalized spacial score (nSPS) is 41.8. The molecule has 0 amide bonds. The number of non-ortho nitro benzene ring substituents is 1. The third kappa shape index (κ3) is 4.60. The second-order valence-corrected chi connectivity index (χ2v) is 17.0. The third-order valence-electron chi connectivity index (χ3n) is 15.3. The van der Waals surface area contributed by atoms with Gasteiger partial charge in [-0.25, -0.2) is 0 Å². The van der Waals surface area contributed by atoms with Crippen molar-refractivity contribution in [3.05, 3.63) is 38.4 Å². The summed E-state index contributed by atoms with van der Waals surface area (Å²) in [4.78, 5) is 46.7. The first-order valence-corrected chi connectivity index (χ1v) is 17.4. The quantitative estimate of drug-likeness (QED) is 0.169. The number of carbonyl (C=O) groups excluding carboxylic acids is 1. The molecule has 0 spiro atoms. The van der Waals surface area contributed by atoms with Crippen molar-refractivity contribution in [3.8, 4) is 0 Å². The summed E-state index contributed by atoms with van der Waals surface area (Å²) in [5.74, 6) is 0.414. The van der Waals surface area contributed by atoms with Crippen LogP contribution in [0, 0.1) is 82.8 Å². The molecular weight excluding hydrogens is 600 g/mol. The van der Waals surface area contributed by atoms with Crippen LogP contribution in [0.3, 0.4) is 0 Å². The van der Waals surface area contributed by atoms with Crippen molar-refractivity contribution in [1.82, 2.24) is 0 Å². The number of hydrogen-bond acceptors (Lipinski definition) is 8. The molecule has 11 nitrogen and oxygen atoms in total. The molecule has 0 radical (unpaired) electrons. The Morgan fingerprint density at radius 1 is 0.957 bits per heavy atom. The van der Waals surface area contributed by atoms with Gasteiger partial charge in [-0.1, -0.05) is 41.5 Å². The number of nitro benzene ring substituents is 2. The Kier molecular flexibility index (Phi) is 7.91. The molecule has 5 aliphatic rings. The summed E-state index contributed by atoms with van der Waals surface area (Å²) in [5, 5.41) is 38.3. The average molecular weight is 651 g/mol. The summed E-state index contributed by atoms with van der Waals surface area (Å²) in [5.41, 5.74) is 2.31. The number of aldehydes is 1. The van der Waals surface area contributed by atoms with Crippen LogP contribution in [0.15, 0.2) is 23.3 Å². The fourth-order valence-corrected chi connectivity index (χ4v) is 12.7. The molecule has 1 aromatic rings. The number of hydrogen-bond donors (Lipinski definition) is 2. The number of nitrogens with one attached hydrogen (secondary N) is 1. The van der Waals surface area contributed by atoms with Crippen LogP contribution in [0.1, 0.15) is 106 Å². The molecule has 0 heterocycles. The standard InChI is InChI=1S/C36H50N4O7/c1-21(20-41)23-11-16-36(31(42)43)18-17-34(5)24(30(23)36)8-10-28-33(4)14-13-29(32(2,3)27(33)12-15-35(28,34)6)38-37-25-9-7-22(39(44)45)19-26(25)40(46)47/h7,9,19-21,23-24,27-28,30,37H,8,10-18H2,1-6H3,(H,42,43)/b38-29-/t21-,23-,24?,27?,28?,30?,33-,34+,35+,36-/m0/s1. The van der Waals surface area contributed by atoms with Crippen molar-refractivity contribution in [2.75, 3.05) is 5.43 Å². The molecule has 0 bridgehead atoms. The third-order valence-corrected chi connectivity index (χ3v) is 15.3. The van der Waals surface area contributed by atoms with E-state index in [1.807, 2.05) is 6.92 Å². The highest BCUT2D eigenvalue weighted by Crippen LogP contribution is 2.77. The van der Waals surface area contributed by atoms with Crippen LogP contribution in [0.4, 0.5) is 17.1 Å². The SMILES string of the molecule is C[C@@H](C=O)[C@@H]1CC[C@]2(C(=O)O)CC[C@]3(C)C(CCC4[C@@]5(C)CC/C(=N/Nc6ccc([N+](=O)[O-])cc6[N+](=O)[O-])C(C)(C)C5CC[C@]43C)C12. The van der Waals surface area contributed by atoms with Crippen LogP contribution in [-0.2, 0) is 9.59 Å². The number of nitrogens with zero attached hydrogens (tertiary/aromatic N) is 3. The van der Waals surface area contributed by atoms with Gasteiger partial charge in [0.15, 0.2) is 0 Å². The fourth-order valence-electron chi connectivity index (χ4n) is 12.7. The number of aliphatic carboxylic acids is 1. The number of carboxylic acids is 1. The predicted molar refractivity (Wildman–Crippen MR) is 178 cm³/mol. The van der Waals surface area contributed by atoms with Gasteiger partial charge in [-0.05, 0) is 116 Å². The minimum atomic E-state index is -0.722. The molecule has 5 saturated carbocycles. The lowest BCUT2D eigenvalue weighted by atomic mass is 9.32. The van der Waals surface area contributed by atoms with Crippen LogP contribution in [-0.4, -0.2) is 32.9 Å². The Bertz CT molecular complexity index is 1540. The number of nitro groups is 2. The van der Waals surface area contributed by atoms with E-state index >= 15 is 0 Å². The number of fused-ring (bicyclic) bond motifs is 7. The monoisotopic (exact) mass is 650 g/mol. The zero-order valence-electron chi connectivity index (χ0n) is 28.6. The molecule has 5 aliphatic carbocycles. The molecule has 5 fully saturated rings. The van der Waals surface area contributed by atoms with Crippen LogP contribution < -0.4 is 5.43 Å².